The van der Waals surface area contributed by atoms with Gasteiger partial charge >= 0.3 is 0 Å². The van der Waals surface area contributed by atoms with Gasteiger partial charge < -0.3 is 4.90 Å². The van der Waals surface area contributed by atoms with Gasteiger partial charge in [-0.2, -0.15) is 5.26 Å². The van der Waals surface area contributed by atoms with Gasteiger partial charge in [-0.1, -0.05) is 12.1 Å². The minimum Gasteiger partial charge on any atom is -0.357 e. The molecule has 1 heterocycles. The number of benzene rings is 1. The van der Waals surface area contributed by atoms with E-state index in [0.717, 1.165) is 22.5 Å². The van der Waals surface area contributed by atoms with Gasteiger partial charge in [-0.3, -0.25) is 0 Å². The third-order valence-corrected chi connectivity index (χ3v) is 2.85. The summed E-state index contributed by atoms with van der Waals surface area (Å²) < 4.78 is 0. The molecule has 0 aliphatic carbocycles. The van der Waals surface area contributed by atoms with Crippen molar-refractivity contribution in [2.45, 2.75) is 13.8 Å². The summed E-state index contributed by atoms with van der Waals surface area (Å²) in [4.78, 5) is 11.1. The van der Waals surface area contributed by atoms with Gasteiger partial charge in [-0.05, 0) is 26.0 Å². The van der Waals surface area contributed by atoms with Crippen LogP contribution in [0.1, 0.15) is 12.6 Å². The van der Waals surface area contributed by atoms with E-state index in [4.69, 9.17) is 5.26 Å². The molecule has 18 heavy (non-hydrogen) atoms. The molecule has 2 aromatic rings. The molecule has 1 aromatic heterocycles. The first kappa shape index (κ1) is 12.3. The SMILES string of the molecule is Cc1nc2ccccc2nc1N(C)CC(C)C#N. The Labute approximate surface area is 107 Å². The standard InChI is InChI=1S/C14H16N4/c1-10(8-15)9-18(3)14-11(2)16-12-6-4-5-7-13(12)17-14/h4-7,10H,9H2,1-3H3. The highest BCUT2D eigenvalue weighted by molar-refractivity contribution is 5.76. The van der Waals surface area contributed by atoms with Crippen molar-refractivity contribution in [3.05, 3.63) is 30.0 Å². The lowest BCUT2D eigenvalue weighted by Gasteiger charge is -2.21. The molecular weight excluding hydrogens is 224 g/mol. The van der Waals surface area contributed by atoms with Crippen LogP contribution in [-0.4, -0.2) is 23.6 Å². The molecule has 2 rings (SSSR count). The van der Waals surface area contributed by atoms with Gasteiger partial charge in [0.1, 0.15) is 0 Å². The van der Waals surface area contributed by atoms with Gasteiger partial charge in [0.25, 0.3) is 0 Å². The van der Waals surface area contributed by atoms with Gasteiger partial charge in [-0.25, -0.2) is 9.97 Å². The summed E-state index contributed by atoms with van der Waals surface area (Å²) in [6.45, 7) is 4.51. The Hall–Kier alpha value is -2.15. The Morgan fingerprint density at radius 2 is 1.89 bits per heavy atom. The molecule has 0 amide bonds. The van der Waals surface area contributed by atoms with Crippen LogP contribution in [0.5, 0.6) is 0 Å². The minimum atomic E-state index is -0.0253. The predicted molar refractivity (Wildman–Crippen MR) is 72.3 cm³/mol. The number of para-hydroxylation sites is 2. The summed E-state index contributed by atoms with van der Waals surface area (Å²) in [5.74, 6) is 0.818. The molecule has 4 nitrogen and oxygen atoms in total. The molecule has 92 valence electrons. The molecule has 1 atom stereocenters. The zero-order chi connectivity index (χ0) is 13.1. The number of nitrogens with zero attached hydrogens (tertiary/aromatic N) is 4. The van der Waals surface area contributed by atoms with Gasteiger partial charge in [-0.15, -0.1) is 0 Å². The van der Waals surface area contributed by atoms with E-state index in [9.17, 15) is 0 Å². The highest BCUT2D eigenvalue weighted by Crippen LogP contribution is 2.19. The van der Waals surface area contributed by atoms with Crippen LogP contribution < -0.4 is 4.90 Å². The number of hydrogen-bond donors (Lipinski definition) is 0. The monoisotopic (exact) mass is 240 g/mol. The summed E-state index contributed by atoms with van der Waals surface area (Å²) in [5, 5.41) is 8.86. The van der Waals surface area contributed by atoms with Crippen molar-refractivity contribution in [3.8, 4) is 6.07 Å². The topological polar surface area (TPSA) is 52.8 Å². The largest absolute Gasteiger partial charge is 0.357 e. The summed E-state index contributed by atoms with van der Waals surface area (Å²) in [7, 11) is 1.94. The van der Waals surface area contributed by atoms with Crippen molar-refractivity contribution in [1.82, 2.24) is 9.97 Å². The summed E-state index contributed by atoms with van der Waals surface area (Å²) in [5.41, 5.74) is 2.68. The molecule has 4 heteroatoms. The molecule has 0 fully saturated rings. The van der Waals surface area contributed by atoms with Crippen LogP contribution in [0.3, 0.4) is 0 Å². The van der Waals surface area contributed by atoms with Gasteiger partial charge in [0.05, 0.1) is 28.7 Å². The van der Waals surface area contributed by atoms with Gasteiger partial charge in [0.15, 0.2) is 5.82 Å². The lowest BCUT2D eigenvalue weighted by atomic mass is 10.2. The van der Waals surface area contributed by atoms with E-state index in [-0.39, 0.29) is 5.92 Å². The fourth-order valence-corrected chi connectivity index (χ4v) is 1.98. The number of rotatable bonds is 3. The Balaban J connectivity index is 2.38. The number of fused-ring (bicyclic) bond motifs is 1. The third-order valence-electron chi connectivity index (χ3n) is 2.85. The van der Waals surface area contributed by atoms with Crippen LogP contribution in [-0.2, 0) is 0 Å². The van der Waals surface area contributed by atoms with Crippen molar-refractivity contribution < 1.29 is 0 Å². The molecule has 0 aliphatic rings. The average molecular weight is 240 g/mol. The van der Waals surface area contributed by atoms with Crippen LogP contribution in [0.4, 0.5) is 5.82 Å². The summed E-state index contributed by atoms with van der Waals surface area (Å²) in [6.07, 6.45) is 0. The van der Waals surface area contributed by atoms with Gasteiger partial charge in [0.2, 0.25) is 0 Å². The fourth-order valence-electron chi connectivity index (χ4n) is 1.98. The maximum absolute atomic E-state index is 8.86. The second-order valence-electron chi connectivity index (χ2n) is 4.53. The van der Waals surface area contributed by atoms with Crippen LogP contribution in [0.15, 0.2) is 24.3 Å². The van der Waals surface area contributed by atoms with E-state index in [1.807, 2.05) is 50.1 Å². The smallest absolute Gasteiger partial charge is 0.150 e. The second kappa shape index (κ2) is 5.01. The van der Waals surface area contributed by atoms with Crippen LogP contribution in [0, 0.1) is 24.2 Å². The third kappa shape index (κ3) is 2.40. The van der Waals surface area contributed by atoms with Crippen LogP contribution in [0.2, 0.25) is 0 Å². The molecule has 0 bridgehead atoms. The normalized spacial score (nSPS) is 12.1. The maximum atomic E-state index is 8.86. The van der Waals surface area contributed by atoms with Crippen molar-refractivity contribution in [2.75, 3.05) is 18.5 Å². The molecule has 0 radical (unpaired) electrons. The molecule has 1 unspecified atom stereocenters. The fraction of sp³-hybridized carbons (Fsp3) is 0.357. The Kier molecular flexibility index (Phi) is 3.42. The predicted octanol–water partition coefficient (Wildman–Crippen LogP) is 2.53. The van der Waals surface area contributed by atoms with E-state index in [1.165, 1.54) is 0 Å². The number of aromatic nitrogens is 2. The number of nitriles is 1. The first-order valence-electron chi connectivity index (χ1n) is 5.96. The van der Waals surface area contributed by atoms with E-state index < -0.39 is 0 Å². The first-order chi connectivity index (χ1) is 8.61. The van der Waals surface area contributed by atoms with Crippen LogP contribution >= 0.6 is 0 Å². The number of hydrogen-bond acceptors (Lipinski definition) is 4. The van der Waals surface area contributed by atoms with E-state index in [1.54, 1.807) is 0 Å². The highest BCUT2D eigenvalue weighted by atomic mass is 15.2. The highest BCUT2D eigenvalue weighted by Gasteiger charge is 2.12. The lowest BCUT2D eigenvalue weighted by molar-refractivity contribution is 0.708. The maximum Gasteiger partial charge on any atom is 0.150 e. The summed E-state index contributed by atoms with van der Waals surface area (Å²) >= 11 is 0. The molecule has 0 spiro atoms. The number of aryl methyl sites for hydroxylation is 1. The van der Waals surface area contributed by atoms with E-state index in [2.05, 4.69) is 16.0 Å². The summed E-state index contributed by atoms with van der Waals surface area (Å²) in [6, 6.07) is 10.0. The molecule has 0 aliphatic heterocycles. The zero-order valence-electron chi connectivity index (χ0n) is 10.9. The van der Waals surface area contributed by atoms with Crippen molar-refractivity contribution in [1.29, 1.82) is 5.26 Å². The average Bonchev–Trinajstić information content (AvgIpc) is 2.37. The number of anilines is 1. The lowest BCUT2D eigenvalue weighted by Crippen LogP contribution is -2.25. The van der Waals surface area contributed by atoms with Gasteiger partial charge in [0, 0.05) is 13.6 Å². The quantitative estimate of drug-likeness (QED) is 0.827. The van der Waals surface area contributed by atoms with Crippen LogP contribution in [0.25, 0.3) is 11.0 Å². The Morgan fingerprint density at radius 1 is 1.28 bits per heavy atom. The van der Waals surface area contributed by atoms with E-state index in [0.29, 0.717) is 6.54 Å². The first-order valence-corrected chi connectivity index (χ1v) is 5.96. The molecule has 1 aromatic carbocycles. The second-order valence-corrected chi connectivity index (χ2v) is 4.53. The molecular formula is C14H16N4. The van der Waals surface area contributed by atoms with E-state index >= 15 is 0 Å². The Bertz CT molecular complexity index is 600. The van der Waals surface area contributed by atoms with Crippen molar-refractivity contribution in [2.24, 2.45) is 5.92 Å². The molecule has 0 saturated carbocycles. The minimum absolute atomic E-state index is 0.0253. The zero-order valence-corrected chi connectivity index (χ0v) is 10.9. The molecule has 0 N–H and O–H groups in total. The van der Waals surface area contributed by atoms with Crippen molar-refractivity contribution >= 4 is 16.9 Å². The Morgan fingerprint density at radius 3 is 2.50 bits per heavy atom. The molecule has 0 saturated heterocycles. The van der Waals surface area contributed by atoms with Crippen molar-refractivity contribution in [3.63, 3.8) is 0 Å².